The summed E-state index contributed by atoms with van der Waals surface area (Å²) in [5.74, 6) is 1.78. The number of halogens is 1. The number of ether oxygens (including phenoxy) is 2. The molecular formula is C15H16ClN3O2. The third-order valence-corrected chi connectivity index (χ3v) is 2.87. The van der Waals surface area contributed by atoms with Gasteiger partial charge in [0.25, 0.3) is 0 Å². The summed E-state index contributed by atoms with van der Waals surface area (Å²) in [6, 6.07) is 9.11. The van der Waals surface area contributed by atoms with Gasteiger partial charge < -0.3 is 9.47 Å². The molecule has 2 aromatic rings. The fourth-order valence-corrected chi connectivity index (χ4v) is 2.02. The molecule has 1 N–H and O–H groups in total. The summed E-state index contributed by atoms with van der Waals surface area (Å²) in [6.07, 6.45) is 3.33. The van der Waals surface area contributed by atoms with Gasteiger partial charge in [0.2, 0.25) is 0 Å². The summed E-state index contributed by atoms with van der Waals surface area (Å²) in [4.78, 5) is 4.11. The van der Waals surface area contributed by atoms with Gasteiger partial charge in [0.15, 0.2) is 11.5 Å². The Balaban J connectivity index is 2.16. The number of methoxy groups -OCH3 is 1. The lowest BCUT2D eigenvalue weighted by atomic mass is 10.2. The van der Waals surface area contributed by atoms with Gasteiger partial charge in [0.1, 0.15) is 5.82 Å². The molecule has 0 aliphatic rings. The lowest BCUT2D eigenvalue weighted by Crippen LogP contribution is -1.98. The van der Waals surface area contributed by atoms with Crippen LogP contribution in [0.4, 0.5) is 5.82 Å². The highest BCUT2D eigenvalue weighted by Crippen LogP contribution is 2.35. The number of hydrogen-bond acceptors (Lipinski definition) is 5. The van der Waals surface area contributed by atoms with E-state index in [-0.39, 0.29) is 0 Å². The topological polar surface area (TPSA) is 55.7 Å². The number of hydrogen-bond donors (Lipinski definition) is 1. The number of pyridine rings is 1. The van der Waals surface area contributed by atoms with Crippen LogP contribution in [-0.2, 0) is 0 Å². The molecule has 0 aliphatic carbocycles. The summed E-state index contributed by atoms with van der Waals surface area (Å²) in [7, 11) is 1.56. The van der Waals surface area contributed by atoms with Crippen molar-refractivity contribution >= 4 is 23.6 Å². The number of benzene rings is 1. The van der Waals surface area contributed by atoms with Crippen molar-refractivity contribution in [3.05, 3.63) is 47.1 Å². The maximum Gasteiger partial charge on any atom is 0.179 e. The zero-order valence-corrected chi connectivity index (χ0v) is 12.6. The summed E-state index contributed by atoms with van der Waals surface area (Å²) < 4.78 is 10.7. The van der Waals surface area contributed by atoms with E-state index in [1.165, 1.54) is 0 Å². The molecule has 0 saturated heterocycles. The molecule has 2 rings (SSSR count). The number of aromatic nitrogens is 1. The van der Waals surface area contributed by atoms with E-state index in [2.05, 4.69) is 15.5 Å². The van der Waals surface area contributed by atoms with Gasteiger partial charge in [-0.3, -0.25) is 5.43 Å². The van der Waals surface area contributed by atoms with Gasteiger partial charge >= 0.3 is 0 Å². The van der Waals surface area contributed by atoms with Crippen LogP contribution in [0.15, 0.2) is 41.6 Å². The Morgan fingerprint density at radius 2 is 2.24 bits per heavy atom. The minimum absolute atomic E-state index is 0.475. The summed E-state index contributed by atoms with van der Waals surface area (Å²) in [5, 5.41) is 4.59. The second-order valence-electron chi connectivity index (χ2n) is 4.05. The molecule has 0 unspecified atom stereocenters. The third kappa shape index (κ3) is 4.10. The van der Waals surface area contributed by atoms with E-state index in [4.69, 9.17) is 21.1 Å². The van der Waals surface area contributed by atoms with Crippen molar-refractivity contribution in [2.24, 2.45) is 5.10 Å². The summed E-state index contributed by atoms with van der Waals surface area (Å²) in [5.41, 5.74) is 3.63. The van der Waals surface area contributed by atoms with Crippen molar-refractivity contribution < 1.29 is 9.47 Å². The Hall–Kier alpha value is -2.27. The first-order valence-electron chi connectivity index (χ1n) is 6.45. The molecule has 0 radical (unpaired) electrons. The third-order valence-electron chi connectivity index (χ3n) is 2.59. The van der Waals surface area contributed by atoms with E-state index >= 15 is 0 Å². The van der Waals surface area contributed by atoms with Gasteiger partial charge in [-0.05, 0) is 36.8 Å². The second-order valence-corrected chi connectivity index (χ2v) is 4.46. The first-order chi connectivity index (χ1) is 10.2. The van der Waals surface area contributed by atoms with Gasteiger partial charge in [0, 0.05) is 6.20 Å². The first kappa shape index (κ1) is 15.1. The minimum Gasteiger partial charge on any atom is -0.491 e. The van der Waals surface area contributed by atoms with Crippen LogP contribution in [0.3, 0.4) is 0 Å². The molecule has 0 saturated carbocycles. The highest BCUT2D eigenvalue weighted by molar-refractivity contribution is 6.32. The van der Waals surface area contributed by atoms with Crippen molar-refractivity contribution in [1.29, 1.82) is 0 Å². The molecule has 1 heterocycles. The molecule has 6 heteroatoms. The van der Waals surface area contributed by atoms with Crippen LogP contribution in [0.1, 0.15) is 12.5 Å². The SMILES string of the molecule is CCOc1cc(/C=N\Nc2ccccn2)cc(Cl)c1OC. The fourth-order valence-electron chi connectivity index (χ4n) is 1.73. The van der Waals surface area contributed by atoms with Gasteiger partial charge in [-0.2, -0.15) is 5.10 Å². The molecular weight excluding hydrogens is 290 g/mol. The number of rotatable bonds is 6. The lowest BCUT2D eigenvalue weighted by molar-refractivity contribution is 0.311. The Labute approximate surface area is 128 Å². The Morgan fingerprint density at radius 3 is 2.90 bits per heavy atom. The molecule has 1 aromatic carbocycles. The lowest BCUT2D eigenvalue weighted by Gasteiger charge is -2.11. The van der Waals surface area contributed by atoms with E-state index < -0.39 is 0 Å². The molecule has 110 valence electrons. The highest BCUT2D eigenvalue weighted by Gasteiger charge is 2.10. The summed E-state index contributed by atoms with van der Waals surface area (Å²) >= 11 is 6.17. The minimum atomic E-state index is 0.475. The molecule has 21 heavy (non-hydrogen) atoms. The van der Waals surface area contributed by atoms with E-state index in [0.29, 0.717) is 28.9 Å². The van der Waals surface area contributed by atoms with Gasteiger partial charge in [-0.1, -0.05) is 17.7 Å². The Kier molecular flexibility index (Phi) is 5.40. The van der Waals surface area contributed by atoms with Crippen LogP contribution in [0.2, 0.25) is 5.02 Å². The van der Waals surface area contributed by atoms with Crippen LogP contribution in [0.5, 0.6) is 11.5 Å². The number of hydrazone groups is 1. The molecule has 0 atom stereocenters. The molecule has 0 amide bonds. The van der Waals surface area contributed by atoms with E-state index in [1.807, 2.05) is 31.2 Å². The normalized spacial score (nSPS) is 10.6. The summed E-state index contributed by atoms with van der Waals surface area (Å²) in [6.45, 7) is 2.43. The van der Waals surface area contributed by atoms with E-state index in [1.54, 1.807) is 25.6 Å². The molecule has 0 aliphatic heterocycles. The molecule has 0 bridgehead atoms. The zero-order chi connectivity index (χ0) is 15.1. The Morgan fingerprint density at radius 1 is 1.38 bits per heavy atom. The molecule has 1 aromatic heterocycles. The van der Waals surface area contributed by atoms with Crippen LogP contribution in [0, 0.1) is 0 Å². The molecule has 5 nitrogen and oxygen atoms in total. The Bertz CT molecular complexity index is 618. The first-order valence-corrected chi connectivity index (χ1v) is 6.82. The maximum absolute atomic E-state index is 6.17. The van der Waals surface area contributed by atoms with Gasteiger partial charge in [-0.15, -0.1) is 0 Å². The fraction of sp³-hybridized carbons (Fsp3) is 0.200. The standard InChI is InChI=1S/C15H16ClN3O2/c1-3-21-13-9-11(8-12(16)15(13)20-2)10-18-19-14-6-4-5-7-17-14/h4-10H,3H2,1-2H3,(H,17,19)/b18-10-. The monoisotopic (exact) mass is 305 g/mol. The highest BCUT2D eigenvalue weighted by atomic mass is 35.5. The van der Waals surface area contributed by atoms with Crippen LogP contribution >= 0.6 is 11.6 Å². The average molecular weight is 306 g/mol. The van der Waals surface area contributed by atoms with E-state index in [9.17, 15) is 0 Å². The molecule has 0 fully saturated rings. The van der Waals surface area contributed by atoms with Crippen LogP contribution < -0.4 is 14.9 Å². The van der Waals surface area contributed by atoms with Crippen molar-refractivity contribution in [3.63, 3.8) is 0 Å². The average Bonchev–Trinajstić information content (AvgIpc) is 2.48. The smallest absolute Gasteiger partial charge is 0.179 e. The maximum atomic E-state index is 6.17. The number of nitrogens with zero attached hydrogens (tertiary/aromatic N) is 2. The number of nitrogens with one attached hydrogen (secondary N) is 1. The number of anilines is 1. The molecule has 0 spiro atoms. The van der Waals surface area contributed by atoms with Crippen molar-refractivity contribution in [3.8, 4) is 11.5 Å². The van der Waals surface area contributed by atoms with Crippen LogP contribution in [0.25, 0.3) is 0 Å². The predicted molar refractivity (Wildman–Crippen MR) is 84.6 cm³/mol. The van der Waals surface area contributed by atoms with Gasteiger partial charge in [0.05, 0.1) is 25.0 Å². The van der Waals surface area contributed by atoms with Gasteiger partial charge in [-0.25, -0.2) is 4.98 Å². The van der Waals surface area contributed by atoms with Crippen molar-refractivity contribution in [1.82, 2.24) is 4.98 Å². The largest absolute Gasteiger partial charge is 0.491 e. The quantitative estimate of drug-likeness (QED) is 0.654. The zero-order valence-electron chi connectivity index (χ0n) is 11.8. The predicted octanol–water partition coefficient (Wildman–Crippen LogP) is 3.59. The van der Waals surface area contributed by atoms with Crippen LogP contribution in [-0.4, -0.2) is 24.9 Å². The second kappa shape index (κ2) is 7.50. The van der Waals surface area contributed by atoms with E-state index in [0.717, 1.165) is 5.56 Å². The van der Waals surface area contributed by atoms with Crippen molar-refractivity contribution in [2.75, 3.05) is 19.1 Å². The van der Waals surface area contributed by atoms with Crippen molar-refractivity contribution in [2.45, 2.75) is 6.92 Å².